The molecule has 2 saturated heterocycles. The number of carboxylic acids is 1. The molecular formula is C18H24N2O4. The van der Waals surface area contributed by atoms with Crippen LogP contribution in [-0.4, -0.2) is 59.6 Å². The number of carbonyl (C=O) groups is 2. The average Bonchev–Trinajstić information content (AvgIpc) is 3.01. The van der Waals surface area contributed by atoms with Crippen LogP contribution in [0.5, 0.6) is 5.75 Å². The van der Waals surface area contributed by atoms with Gasteiger partial charge in [0.05, 0.1) is 7.11 Å². The van der Waals surface area contributed by atoms with Gasteiger partial charge in [0.25, 0.3) is 0 Å². The molecule has 2 aliphatic rings. The van der Waals surface area contributed by atoms with E-state index in [-0.39, 0.29) is 11.5 Å². The summed E-state index contributed by atoms with van der Waals surface area (Å²) in [6.07, 6.45) is 3.77. The number of aromatic carboxylic acids is 1. The fourth-order valence-corrected chi connectivity index (χ4v) is 3.76. The highest BCUT2D eigenvalue weighted by Crippen LogP contribution is 2.24. The molecule has 6 nitrogen and oxygen atoms in total. The van der Waals surface area contributed by atoms with Crippen molar-refractivity contribution in [1.82, 2.24) is 9.80 Å². The van der Waals surface area contributed by atoms with Gasteiger partial charge in [0, 0.05) is 32.1 Å². The van der Waals surface area contributed by atoms with Crippen LogP contribution in [0, 0.1) is 0 Å². The number of hydrogen-bond acceptors (Lipinski definition) is 4. The summed E-state index contributed by atoms with van der Waals surface area (Å²) in [5, 5.41) is 9.30. The van der Waals surface area contributed by atoms with E-state index >= 15 is 0 Å². The van der Waals surface area contributed by atoms with Crippen LogP contribution in [0.1, 0.15) is 41.6 Å². The van der Waals surface area contributed by atoms with E-state index in [9.17, 15) is 14.7 Å². The number of nitrogens with zero attached hydrogens (tertiary/aromatic N) is 2. The Labute approximate surface area is 142 Å². The minimum atomic E-state index is -0.979. The Morgan fingerprint density at radius 1 is 1.33 bits per heavy atom. The molecule has 6 heteroatoms. The molecule has 1 aromatic carbocycles. The zero-order chi connectivity index (χ0) is 17.1. The molecule has 0 spiro atoms. The molecule has 0 aliphatic carbocycles. The molecule has 0 saturated carbocycles. The summed E-state index contributed by atoms with van der Waals surface area (Å²) in [6, 6.07) is 5.61. The highest BCUT2D eigenvalue weighted by atomic mass is 16.5. The largest absolute Gasteiger partial charge is 0.496 e. The number of ether oxygens (including phenoxy) is 1. The summed E-state index contributed by atoms with van der Waals surface area (Å²) in [6.45, 7) is 3.42. The van der Waals surface area contributed by atoms with E-state index < -0.39 is 5.97 Å². The molecule has 24 heavy (non-hydrogen) atoms. The lowest BCUT2D eigenvalue weighted by Crippen LogP contribution is -2.48. The molecule has 0 aromatic heterocycles. The van der Waals surface area contributed by atoms with Gasteiger partial charge in [-0.15, -0.1) is 0 Å². The van der Waals surface area contributed by atoms with Crippen molar-refractivity contribution in [2.45, 2.75) is 38.3 Å². The van der Waals surface area contributed by atoms with Gasteiger partial charge in [0.2, 0.25) is 5.91 Å². The molecule has 1 aromatic rings. The maximum absolute atomic E-state index is 12.0. The Bertz CT molecular complexity index is 631. The molecule has 1 N–H and O–H groups in total. The number of carboxylic acid groups (broad SMARTS) is 1. The lowest BCUT2D eigenvalue weighted by Gasteiger charge is -2.37. The average molecular weight is 332 g/mol. The Kier molecular flexibility index (Phi) is 5.04. The van der Waals surface area contributed by atoms with E-state index in [1.807, 2.05) is 11.0 Å². The number of hydrogen-bond donors (Lipinski definition) is 1. The zero-order valence-corrected chi connectivity index (χ0v) is 14.0. The number of carbonyl (C=O) groups excluding carboxylic acids is 1. The van der Waals surface area contributed by atoms with Gasteiger partial charge in [0.1, 0.15) is 11.3 Å². The predicted octanol–water partition coefficient (Wildman–Crippen LogP) is 1.98. The van der Waals surface area contributed by atoms with Crippen molar-refractivity contribution in [1.29, 1.82) is 0 Å². The Morgan fingerprint density at radius 2 is 2.17 bits per heavy atom. The van der Waals surface area contributed by atoms with Crippen LogP contribution in [0.2, 0.25) is 0 Å². The lowest BCUT2D eigenvalue weighted by atomic mass is 10.0. The number of likely N-dealkylation sites (tertiary alicyclic amines) is 2. The fraction of sp³-hybridized carbons (Fsp3) is 0.556. The Morgan fingerprint density at radius 3 is 2.83 bits per heavy atom. The molecule has 0 unspecified atom stereocenters. The predicted molar refractivity (Wildman–Crippen MR) is 89.2 cm³/mol. The van der Waals surface area contributed by atoms with Crippen molar-refractivity contribution < 1.29 is 19.4 Å². The van der Waals surface area contributed by atoms with Crippen molar-refractivity contribution in [3.05, 3.63) is 29.3 Å². The molecule has 0 bridgehead atoms. The smallest absolute Gasteiger partial charge is 0.339 e. The third kappa shape index (κ3) is 3.53. The molecule has 1 amide bonds. The van der Waals surface area contributed by atoms with E-state index in [1.165, 1.54) is 7.11 Å². The van der Waals surface area contributed by atoms with Crippen LogP contribution < -0.4 is 4.74 Å². The van der Waals surface area contributed by atoms with Gasteiger partial charge < -0.3 is 14.7 Å². The standard InChI is InChI=1S/C18H24N2O4/c1-24-16-7-6-13(10-15(16)18(22)23)11-19-8-2-4-14(12-19)20-9-3-5-17(20)21/h6-7,10,14H,2-5,8-9,11-12H2,1H3,(H,22,23)/t14-/m1/s1. The van der Waals surface area contributed by atoms with Gasteiger partial charge in [0.15, 0.2) is 0 Å². The van der Waals surface area contributed by atoms with Gasteiger partial charge in [-0.2, -0.15) is 0 Å². The van der Waals surface area contributed by atoms with E-state index in [4.69, 9.17) is 4.74 Å². The van der Waals surface area contributed by atoms with Crippen molar-refractivity contribution in [3.63, 3.8) is 0 Å². The topological polar surface area (TPSA) is 70.1 Å². The maximum Gasteiger partial charge on any atom is 0.339 e. The number of amides is 1. The van der Waals surface area contributed by atoms with Gasteiger partial charge >= 0.3 is 5.97 Å². The first-order chi connectivity index (χ1) is 11.6. The van der Waals surface area contributed by atoms with Gasteiger partial charge in [-0.3, -0.25) is 9.69 Å². The molecule has 3 rings (SSSR count). The van der Waals surface area contributed by atoms with Crippen LogP contribution in [0.15, 0.2) is 18.2 Å². The third-order valence-corrected chi connectivity index (χ3v) is 4.93. The molecule has 0 radical (unpaired) electrons. The summed E-state index contributed by atoms with van der Waals surface area (Å²) in [5.74, 6) is -0.322. The quantitative estimate of drug-likeness (QED) is 0.893. The van der Waals surface area contributed by atoms with Crippen LogP contribution in [0.4, 0.5) is 0 Å². The molecule has 2 fully saturated rings. The van der Waals surface area contributed by atoms with Gasteiger partial charge in [-0.25, -0.2) is 4.79 Å². The van der Waals surface area contributed by atoms with E-state index in [0.717, 1.165) is 44.5 Å². The normalized spacial score (nSPS) is 22.0. The van der Waals surface area contributed by atoms with E-state index in [2.05, 4.69) is 4.90 Å². The van der Waals surface area contributed by atoms with Gasteiger partial charge in [-0.05, 0) is 43.5 Å². The van der Waals surface area contributed by atoms with E-state index in [0.29, 0.717) is 24.8 Å². The SMILES string of the molecule is COc1ccc(CN2CCC[C@@H](N3CCCC3=O)C2)cc1C(=O)O. The summed E-state index contributed by atoms with van der Waals surface area (Å²) >= 11 is 0. The molecule has 2 aliphatic heterocycles. The second-order valence-electron chi connectivity index (χ2n) is 6.56. The van der Waals surface area contributed by atoms with Crippen LogP contribution in [-0.2, 0) is 11.3 Å². The minimum Gasteiger partial charge on any atom is -0.496 e. The van der Waals surface area contributed by atoms with Crippen molar-refractivity contribution in [2.75, 3.05) is 26.7 Å². The summed E-state index contributed by atoms with van der Waals surface area (Å²) in [7, 11) is 1.48. The highest BCUT2D eigenvalue weighted by Gasteiger charge is 2.31. The zero-order valence-electron chi connectivity index (χ0n) is 14.0. The number of piperidine rings is 1. The van der Waals surface area contributed by atoms with Crippen molar-refractivity contribution in [2.24, 2.45) is 0 Å². The molecule has 2 heterocycles. The van der Waals surface area contributed by atoms with Crippen LogP contribution in [0.25, 0.3) is 0 Å². The molecule has 130 valence electrons. The number of rotatable bonds is 5. The Balaban J connectivity index is 1.68. The molecule has 1 atom stereocenters. The third-order valence-electron chi connectivity index (χ3n) is 4.93. The second kappa shape index (κ2) is 7.21. The first-order valence-corrected chi connectivity index (χ1v) is 8.50. The first-order valence-electron chi connectivity index (χ1n) is 8.50. The monoisotopic (exact) mass is 332 g/mol. The second-order valence-corrected chi connectivity index (χ2v) is 6.56. The number of methoxy groups -OCH3 is 1. The lowest BCUT2D eigenvalue weighted by molar-refractivity contribution is -0.130. The first kappa shape index (κ1) is 16.8. The van der Waals surface area contributed by atoms with Crippen molar-refractivity contribution >= 4 is 11.9 Å². The maximum atomic E-state index is 12.0. The minimum absolute atomic E-state index is 0.193. The summed E-state index contributed by atoms with van der Waals surface area (Å²) in [5.41, 5.74) is 1.15. The van der Waals surface area contributed by atoms with Crippen LogP contribution >= 0.6 is 0 Å². The summed E-state index contributed by atoms with van der Waals surface area (Å²) in [4.78, 5) is 27.6. The highest BCUT2D eigenvalue weighted by molar-refractivity contribution is 5.91. The fourth-order valence-electron chi connectivity index (χ4n) is 3.76. The van der Waals surface area contributed by atoms with E-state index in [1.54, 1.807) is 12.1 Å². The molecular weight excluding hydrogens is 308 g/mol. The number of benzene rings is 1. The van der Waals surface area contributed by atoms with Crippen molar-refractivity contribution in [3.8, 4) is 5.75 Å². The van der Waals surface area contributed by atoms with Crippen LogP contribution in [0.3, 0.4) is 0 Å². The van der Waals surface area contributed by atoms with Gasteiger partial charge in [-0.1, -0.05) is 6.07 Å². The Hall–Kier alpha value is -2.08. The summed E-state index contributed by atoms with van der Waals surface area (Å²) < 4.78 is 5.11.